The van der Waals surface area contributed by atoms with Crippen LogP contribution in [0, 0.1) is 0 Å². The average Bonchev–Trinajstić information content (AvgIpc) is 3.60. The highest BCUT2D eigenvalue weighted by Crippen LogP contribution is 2.37. The van der Waals surface area contributed by atoms with E-state index in [0.717, 1.165) is 17.5 Å². The van der Waals surface area contributed by atoms with Crippen LogP contribution >= 0.6 is 0 Å². The topological polar surface area (TPSA) is 79.7 Å². The predicted molar refractivity (Wildman–Crippen MR) is 141 cm³/mol. The first kappa shape index (κ1) is 26.7. The Hall–Kier alpha value is -3.86. The highest BCUT2D eigenvalue weighted by molar-refractivity contribution is 6.07. The zero-order chi connectivity index (χ0) is 27.7. The smallest absolute Gasteiger partial charge is 0.435 e. The van der Waals surface area contributed by atoms with Crippen LogP contribution in [0.15, 0.2) is 48.5 Å². The number of nitrogens with zero attached hydrogens (tertiary/aromatic N) is 4. The van der Waals surface area contributed by atoms with Gasteiger partial charge in [-0.05, 0) is 67.8 Å². The lowest BCUT2D eigenvalue weighted by Crippen LogP contribution is -2.39. The second-order valence-corrected chi connectivity index (χ2v) is 9.82. The summed E-state index contributed by atoms with van der Waals surface area (Å²) < 4.78 is 47.7. The summed E-state index contributed by atoms with van der Waals surface area (Å²) in [6.07, 6.45) is -0.177. The van der Waals surface area contributed by atoms with Crippen molar-refractivity contribution >= 4 is 23.2 Å². The number of benzene rings is 2. The van der Waals surface area contributed by atoms with Gasteiger partial charge >= 0.3 is 6.18 Å². The molecular formula is C28H30F3N5O3. The number of hydrogen-bond donors (Lipinski definition) is 1. The van der Waals surface area contributed by atoms with Gasteiger partial charge in [-0.1, -0.05) is 12.8 Å². The first-order valence-corrected chi connectivity index (χ1v) is 12.9. The summed E-state index contributed by atoms with van der Waals surface area (Å²) >= 11 is 0. The van der Waals surface area contributed by atoms with Gasteiger partial charge in [-0.25, -0.2) is 4.68 Å². The van der Waals surface area contributed by atoms with E-state index in [-0.39, 0.29) is 36.7 Å². The maximum absolute atomic E-state index is 13.8. The second kappa shape index (κ2) is 10.7. The minimum absolute atomic E-state index is 0.000945. The van der Waals surface area contributed by atoms with Crippen LogP contribution in [0.3, 0.4) is 0 Å². The average molecular weight is 542 g/mol. The summed E-state index contributed by atoms with van der Waals surface area (Å²) in [6, 6.07) is 13.5. The molecule has 2 aliphatic rings. The molecule has 206 valence electrons. The van der Waals surface area contributed by atoms with Crippen LogP contribution in [-0.4, -0.2) is 54.9 Å². The molecule has 1 fully saturated rings. The van der Waals surface area contributed by atoms with Crippen molar-refractivity contribution in [1.29, 1.82) is 0 Å². The highest BCUT2D eigenvalue weighted by atomic mass is 19.4. The van der Waals surface area contributed by atoms with Crippen molar-refractivity contribution in [3.05, 3.63) is 65.5 Å². The number of rotatable bonds is 7. The molecule has 0 bridgehead atoms. The van der Waals surface area contributed by atoms with Gasteiger partial charge in [0.15, 0.2) is 5.69 Å². The van der Waals surface area contributed by atoms with Crippen molar-refractivity contribution < 1.29 is 27.5 Å². The molecule has 1 saturated carbocycles. The molecule has 0 saturated heterocycles. The molecule has 39 heavy (non-hydrogen) atoms. The van der Waals surface area contributed by atoms with E-state index in [4.69, 9.17) is 4.74 Å². The molecule has 0 atom stereocenters. The molecule has 2 heterocycles. The molecule has 0 spiro atoms. The minimum atomic E-state index is -4.70. The molecular weight excluding hydrogens is 511 g/mol. The zero-order valence-corrected chi connectivity index (χ0v) is 21.8. The SMILES string of the molecule is COc1ccc(-n2nc(C(F)(F)F)c3c2C(=O)N(c2ccc(N(C)C(=O)CNC4CCCC4)cc2)CC3)cc1. The molecule has 3 aromatic rings. The predicted octanol–water partition coefficient (Wildman–Crippen LogP) is 4.60. The molecule has 2 aromatic carbocycles. The number of ether oxygens (including phenoxy) is 1. The molecule has 0 radical (unpaired) electrons. The van der Waals surface area contributed by atoms with E-state index in [0.29, 0.717) is 28.9 Å². The number of methoxy groups -OCH3 is 1. The summed E-state index contributed by atoms with van der Waals surface area (Å²) in [5.74, 6) is -0.119. The third kappa shape index (κ3) is 5.36. The van der Waals surface area contributed by atoms with Crippen LogP contribution in [0.25, 0.3) is 5.69 Å². The molecule has 11 heteroatoms. The Morgan fingerprint density at radius 1 is 1.08 bits per heavy atom. The Morgan fingerprint density at radius 3 is 2.33 bits per heavy atom. The first-order chi connectivity index (χ1) is 18.7. The largest absolute Gasteiger partial charge is 0.497 e. The van der Waals surface area contributed by atoms with Gasteiger partial charge in [0, 0.05) is 36.6 Å². The molecule has 2 amide bonds. The monoisotopic (exact) mass is 541 g/mol. The molecule has 0 unspecified atom stereocenters. The number of alkyl halides is 3. The fourth-order valence-electron chi connectivity index (χ4n) is 5.22. The van der Waals surface area contributed by atoms with E-state index in [9.17, 15) is 22.8 Å². The first-order valence-electron chi connectivity index (χ1n) is 12.9. The Balaban J connectivity index is 1.38. The van der Waals surface area contributed by atoms with Gasteiger partial charge < -0.3 is 19.9 Å². The Morgan fingerprint density at radius 2 is 1.72 bits per heavy atom. The number of fused-ring (bicyclic) bond motifs is 1. The van der Waals surface area contributed by atoms with Gasteiger partial charge in [0.25, 0.3) is 5.91 Å². The number of halogens is 3. The van der Waals surface area contributed by atoms with Gasteiger partial charge in [0.05, 0.1) is 19.3 Å². The Bertz CT molecular complexity index is 1350. The van der Waals surface area contributed by atoms with Crippen molar-refractivity contribution in [3.8, 4) is 11.4 Å². The zero-order valence-electron chi connectivity index (χ0n) is 21.8. The lowest BCUT2D eigenvalue weighted by Gasteiger charge is -2.28. The van der Waals surface area contributed by atoms with Crippen molar-refractivity contribution in [1.82, 2.24) is 15.1 Å². The molecule has 1 N–H and O–H groups in total. The summed E-state index contributed by atoms with van der Waals surface area (Å²) in [4.78, 5) is 29.3. The molecule has 8 nitrogen and oxygen atoms in total. The molecule has 5 rings (SSSR count). The highest BCUT2D eigenvalue weighted by Gasteiger charge is 2.43. The summed E-state index contributed by atoms with van der Waals surface area (Å²) in [6.45, 7) is 0.315. The number of carbonyl (C=O) groups excluding carboxylic acids is 2. The van der Waals surface area contributed by atoms with E-state index in [1.54, 1.807) is 60.5 Å². The van der Waals surface area contributed by atoms with E-state index < -0.39 is 17.8 Å². The number of likely N-dealkylation sites (N-methyl/N-ethyl adjacent to an activating group) is 1. The molecule has 1 aromatic heterocycles. The van der Waals surface area contributed by atoms with Gasteiger partial charge in [0.1, 0.15) is 11.4 Å². The van der Waals surface area contributed by atoms with Gasteiger partial charge in [-0.15, -0.1) is 0 Å². The van der Waals surface area contributed by atoms with Crippen LogP contribution in [0.5, 0.6) is 5.75 Å². The van der Waals surface area contributed by atoms with Crippen molar-refractivity contribution in [2.45, 2.75) is 44.3 Å². The van der Waals surface area contributed by atoms with Crippen LogP contribution in [0.4, 0.5) is 24.5 Å². The lowest BCUT2D eigenvalue weighted by atomic mass is 10.0. The van der Waals surface area contributed by atoms with E-state index in [1.165, 1.54) is 24.9 Å². The van der Waals surface area contributed by atoms with Gasteiger partial charge in [0.2, 0.25) is 5.91 Å². The van der Waals surface area contributed by atoms with Crippen molar-refractivity contribution in [2.24, 2.45) is 0 Å². The molecule has 1 aliphatic heterocycles. The van der Waals surface area contributed by atoms with Crippen LogP contribution < -0.4 is 19.9 Å². The number of anilines is 2. The van der Waals surface area contributed by atoms with Gasteiger partial charge in [-0.3, -0.25) is 9.59 Å². The normalized spacial score (nSPS) is 15.9. The Labute approximate surface area is 224 Å². The number of nitrogens with one attached hydrogen (secondary N) is 1. The summed E-state index contributed by atoms with van der Waals surface area (Å²) in [5.41, 5.74) is 0.215. The van der Waals surface area contributed by atoms with E-state index >= 15 is 0 Å². The minimum Gasteiger partial charge on any atom is -0.497 e. The maximum Gasteiger partial charge on any atom is 0.435 e. The fourth-order valence-corrected chi connectivity index (χ4v) is 5.22. The van der Waals surface area contributed by atoms with Crippen molar-refractivity contribution in [2.75, 3.05) is 37.0 Å². The third-order valence-corrected chi connectivity index (χ3v) is 7.42. The quantitative estimate of drug-likeness (QED) is 0.473. The van der Waals surface area contributed by atoms with Crippen LogP contribution in [0.2, 0.25) is 0 Å². The number of amides is 2. The van der Waals surface area contributed by atoms with Crippen molar-refractivity contribution in [3.63, 3.8) is 0 Å². The summed E-state index contributed by atoms with van der Waals surface area (Å²) in [7, 11) is 3.18. The fraction of sp³-hybridized carbons (Fsp3) is 0.393. The number of aromatic nitrogens is 2. The third-order valence-electron chi connectivity index (χ3n) is 7.42. The number of carbonyl (C=O) groups is 2. The second-order valence-electron chi connectivity index (χ2n) is 9.82. The standard InChI is InChI=1S/C28H30F3N5O3/c1-34(24(37)17-32-18-5-3-4-6-18)19-7-9-20(10-8-19)35-16-15-23-25(27(35)38)36(33-26(23)28(29,30)31)21-11-13-22(39-2)14-12-21/h7-14,18,32H,3-6,15-17H2,1-2H3. The maximum atomic E-state index is 13.8. The van der Waals surface area contributed by atoms with E-state index in [1.807, 2.05) is 0 Å². The van der Waals surface area contributed by atoms with Gasteiger partial charge in [-0.2, -0.15) is 18.3 Å². The molecule has 1 aliphatic carbocycles. The van der Waals surface area contributed by atoms with Crippen LogP contribution in [-0.2, 0) is 17.4 Å². The number of hydrogen-bond acceptors (Lipinski definition) is 5. The van der Waals surface area contributed by atoms with Crippen LogP contribution in [0.1, 0.15) is 47.4 Å². The summed E-state index contributed by atoms with van der Waals surface area (Å²) in [5, 5.41) is 7.13. The Kier molecular flexibility index (Phi) is 7.35. The van der Waals surface area contributed by atoms with E-state index in [2.05, 4.69) is 10.4 Å². The lowest BCUT2D eigenvalue weighted by molar-refractivity contribution is -0.142.